The predicted octanol–water partition coefficient (Wildman–Crippen LogP) is 4.13. The highest BCUT2D eigenvalue weighted by molar-refractivity contribution is 6.31. The molecule has 3 heteroatoms. The largest absolute Gasteiger partial charge is 0.459 e. The van der Waals surface area contributed by atoms with Crippen LogP contribution < -0.4 is 5.73 Å². The maximum absolute atomic E-state index is 6.20. The topological polar surface area (TPSA) is 39.2 Å². The van der Waals surface area contributed by atoms with E-state index in [1.807, 2.05) is 54.6 Å². The molecule has 18 heavy (non-hydrogen) atoms. The van der Waals surface area contributed by atoms with Crippen LogP contribution in [0.25, 0.3) is 11.0 Å². The van der Waals surface area contributed by atoms with Crippen LogP contribution in [0.2, 0.25) is 5.02 Å². The van der Waals surface area contributed by atoms with Crippen molar-refractivity contribution in [3.63, 3.8) is 0 Å². The number of hydrogen-bond acceptors (Lipinski definition) is 2. The van der Waals surface area contributed by atoms with E-state index >= 15 is 0 Å². The minimum Gasteiger partial charge on any atom is -0.459 e. The van der Waals surface area contributed by atoms with E-state index in [9.17, 15) is 0 Å². The lowest BCUT2D eigenvalue weighted by Gasteiger charge is -2.10. The van der Waals surface area contributed by atoms with Crippen molar-refractivity contribution in [3.05, 3.63) is 70.9 Å². The molecule has 1 atom stereocenters. The number of fused-ring (bicyclic) bond motifs is 1. The quantitative estimate of drug-likeness (QED) is 0.750. The Balaban J connectivity index is 2.07. The zero-order valence-corrected chi connectivity index (χ0v) is 10.4. The van der Waals surface area contributed by atoms with Gasteiger partial charge >= 0.3 is 0 Å². The van der Waals surface area contributed by atoms with Crippen molar-refractivity contribution in [3.8, 4) is 0 Å². The number of benzene rings is 2. The van der Waals surface area contributed by atoms with Gasteiger partial charge in [0, 0.05) is 10.4 Å². The SMILES string of the molecule is NC(c1cc2ccccc2o1)c1ccccc1Cl. The molecule has 1 unspecified atom stereocenters. The zero-order chi connectivity index (χ0) is 12.5. The van der Waals surface area contributed by atoms with E-state index in [0.717, 1.165) is 22.3 Å². The van der Waals surface area contributed by atoms with Crippen LogP contribution >= 0.6 is 11.6 Å². The van der Waals surface area contributed by atoms with Crippen molar-refractivity contribution in [1.29, 1.82) is 0 Å². The summed E-state index contributed by atoms with van der Waals surface area (Å²) in [5.41, 5.74) is 7.92. The molecule has 0 fully saturated rings. The molecule has 0 aliphatic rings. The minimum atomic E-state index is -0.342. The summed E-state index contributed by atoms with van der Waals surface area (Å²) in [6, 6.07) is 17.0. The fraction of sp³-hybridized carbons (Fsp3) is 0.0667. The number of para-hydroxylation sites is 1. The molecule has 0 saturated heterocycles. The summed E-state index contributed by atoms with van der Waals surface area (Å²) in [7, 11) is 0. The predicted molar refractivity (Wildman–Crippen MR) is 73.7 cm³/mol. The van der Waals surface area contributed by atoms with Gasteiger partial charge in [0.15, 0.2) is 0 Å². The van der Waals surface area contributed by atoms with Gasteiger partial charge in [0.25, 0.3) is 0 Å². The van der Waals surface area contributed by atoms with Crippen molar-refractivity contribution in [2.45, 2.75) is 6.04 Å². The summed E-state index contributed by atoms with van der Waals surface area (Å²) in [4.78, 5) is 0. The summed E-state index contributed by atoms with van der Waals surface area (Å²) >= 11 is 6.15. The van der Waals surface area contributed by atoms with Crippen LogP contribution in [-0.4, -0.2) is 0 Å². The van der Waals surface area contributed by atoms with Gasteiger partial charge in [-0.05, 0) is 23.8 Å². The Bertz CT molecular complexity index is 657. The van der Waals surface area contributed by atoms with Crippen molar-refractivity contribution in [2.24, 2.45) is 5.73 Å². The fourth-order valence-corrected chi connectivity index (χ4v) is 2.29. The molecule has 0 bridgehead atoms. The molecule has 2 N–H and O–H groups in total. The van der Waals surface area contributed by atoms with Crippen LogP contribution in [0.4, 0.5) is 0 Å². The molecular weight excluding hydrogens is 246 g/mol. The van der Waals surface area contributed by atoms with E-state index in [-0.39, 0.29) is 6.04 Å². The van der Waals surface area contributed by atoms with Gasteiger partial charge in [0.05, 0.1) is 6.04 Å². The highest BCUT2D eigenvalue weighted by Crippen LogP contribution is 2.29. The van der Waals surface area contributed by atoms with Gasteiger partial charge < -0.3 is 10.2 Å². The standard InChI is InChI=1S/C15H12ClNO/c16-12-7-3-2-6-11(12)15(17)14-9-10-5-1-4-8-13(10)18-14/h1-9,15H,17H2. The maximum atomic E-state index is 6.20. The number of furan rings is 1. The molecular formula is C15H12ClNO. The molecule has 2 nitrogen and oxygen atoms in total. The number of rotatable bonds is 2. The molecule has 3 aromatic rings. The lowest BCUT2D eigenvalue weighted by molar-refractivity contribution is 0.525. The van der Waals surface area contributed by atoms with Crippen molar-refractivity contribution in [1.82, 2.24) is 0 Å². The third kappa shape index (κ3) is 1.90. The van der Waals surface area contributed by atoms with E-state index in [2.05, 4.69) is 0 Å². The summed E-state index contributed by atoms with van der Waals surface area (Å²) in [6.07, 6.45) is 0. The second kappa shape index (κ2) is 4.48. The van der Waals surface area contributed by atoms with Crippen LogP contribution in [-0.2, 0) is 0 Å². The highest BCUT2D eigenvalue weighted by atomic mass is 35.5. The van der Waals surface area contributed by atoms with E-state index < -0.39 is 0 Å². The molecule has 0 amide bonds. The number of hydrogen-bond donors (Lipinski definition) is 1. The molecule has 0 aliphatic carbocycles. The molecule has 0 radical (unpaired) electrons. The highest BCUT2D eigenvalue weighted by Gasteiger charge is 2.16. The van der Waals surface area contributed by atoms with Gasteiger partial charge in [0.2, 0.25) is 0 Å². The lowest BCUT2D eigenvalue weighted by atomic mass is 10.1. The van der Waals surface area contributed by atoms with E-state index in [1.165, 1.54) is 0 Å². The van der Waals surface area contributed by atoms with Crippen LogP contribution in [0.5, 0.6) is 0 Å². The van der Waals surface area contributed by atoms with Gasteiger partial charge in [-0.3, -0.25) is 0 Å². The monoisotopic (exact) mass is 257 g/mol. The lowest BCUT2D eigenvalue weighted by Crippen LogP contribution is -2.11. The normalized spacial score (nSPS) is 12.8. The molecule has 0 spiro atoms. The third-order valence-corrected chi connectivity index (χ3v) is 3.34. The third-order valence-electron chi connectivity index (χ3n) is 2.99. The summed E-state index contributed by atoms with van der Waals surface area (Å²) < 4.78 is 5.76. The Morgan fingerprint density at radius 2 is 1.72 bits per heavy atom. The molecule has 1 heterocycles. The van der Waals surface area contributed by atoms with Crippen LogP contribution in [0.1, 0.15) is 17.4 Å². The van der Waals surface area contributed by atoms with Gasteiger partial charge in [-0.2, -0.15) is 0 Å². The first-order valence-corrected chi connectivity index (χ1v) is 6.12. The average molecular weight is 258 g/mol. The van der Waals surface area contributed by atoms with Crippen LogP contribution in [0.3, 0.4) is 0 Å². The second-order valence-corrected chi connectivity index (χ2v) is 4.59. The molecule has 90 valence electrons. The Labute approximate surface area is 110 Å². The number of nitrogens with two attached hydrogens (primary N) is 1. The minimum absolute atomic E-state index is 0.342. The molecule has 0 aliphatic heterocycles. The van der Waals surface area contributed by atoms with Crippen LogP contribution in [0, 0.1) is 0 Å². The van der Waals surface area contributed by atoms with Crippen molar-refractivity contribution in [2.75, 3.05) is 0 Å². The second-order valence-electron chi connectivity index (χ2n) is 4.19. The Morgan fingerprint density at radius 1 is 1.00 bits per heavy atom. The smallest absolute Gasteiger partial charge is 0.134 e. The number of halogens is 1. The van der Waals surface area contributed by atoms with E-state index in [1.54, 1.807) is 0 Å². The van der Waals surface area contributed by atoms with E-state index in [4.69, 9.17) is 21.8 Å². The summed E-state index contributed by atoms with van der Waals surface area (Å²) in [5.74, 6) is 0.726. The zero-order valence-electron chi connectivity index (χ0n) is 9.64. The maximum Gasteiger partial charge on any atom is 0.134 e. The molecule has 3 rings (SSSR count). The van der Waals surface area contributed by atoms with Crippen molar-refractivity contribution < 1.29 is 4.42 Å². The Morgan fingerprint density at radius 3 is 2.50 bits per heavy atom. The fourth-order valence-electron chi connectivity index (χ4n) is 2.04. The van der Waals surface area contributed by atoms with Crippen LogP contribution in [0.15, 0.2) is 59.0 Å². The van der Waals surface area contributed by atoms with Gasteiger partial charge in [-0.1, -0.05) is 48.0 Å². The molecule has 1 aromatic heterocycles. The van der Waals surface area contributed by atoms with E-state index in [0.29, 0.717) is 5.02 Å². The van der Waals surface area contributed by atoms with Gasteiger partial charge in [-0.25, -0.2) is 0 Å². The first-order chi connectivity index (χ1) is 8.75. The van der Waals surface area contributed by atoms with Gasteiger partial charge in [-0.15, -0.1) is 0 Å². The Hall–Kier alpha value is -1.77. The molecule has 0 saturated carbocycles. The average Bonchev–Trinajstić information content (AvgIpc) is 2.82. The summed E-state index contributed by atoms with van der Waals surface area (Å²) in [6.45, 7) is 0. The molecule has 2 aromatic carbocycles. The summed E-state index contributed by atoms with van der Waals surface area (Å²) in [5, 5.41) is 1.71. The first kappa shape index (κ1) is 11.3. The first-order valence-electron chi connectivity index (χ1n) is 5.74. The van der Waals surface area contributed by atoms with Gasteiger partial charge in [0.1, 0.15) is 11.3 Å². The van der Waals surface area contributed by atoms with Crippen molar-refractivity contribution >= 4 is 22.6 Å². The Kier molecular flexibility index (Phi) is 2.82.